The number of amides is 1. The molecule has 0 spiro atoms. The number of nitro groups is 1. The second kappa shape index (κ2) is 6.89. The Labute approximate surface area is 163 Å². The monoisotopic (exact) mass is 381 g/mol. The lowest BCUT2D eigenvalue weighted by molar-refractivity contribution is -0.384. The van der Waals surface area contributed by atoms with Gasteiger partial charge in [0.2, 0.25) is 5.91 Å². The molecule has 0 aliphatic heterocycles. The van der Waals surface area contributed by atoms with Crippen LogP contribution in [0.5, 0.6) is 0 Å². The Hall–Kier alpha value is -2.96. The van der Waals surface area contributed by atoms with Crippen LogP contribution in [0.1, 0.15) is 43.9 Å². The fourth-order valence-electron chi connectivity index (χ4n) is 4.65. The van der Waals surface area contributed by atoms with Gasteiger partial charge in [-0.2, -0.15) is 5.10 Å². The predicted molar refractivity (Wildman–Crippen MR) is 105 cm³/mol. The quantitative estimate of drug-likeness (QED) is 0.470. The molecule has 1 aromatic carbocycles. The molecule has 2 aliphatic carbocycles. The summed E-state index contributed by atoms with van der Waals surface area (Å²) in [5.74, 6) is 1.31. The summed E-state index contributed by atoms with van der Waals surface area (Å²) in [6.07, 6.45) is 6.05. The molecule has 2 aliphatic rings. The van der Waals surface area contributed by atoms with Crippen molar-refractivity contribution in [2.24, 2.45) is 22.4 Å². The molecule has 7 nitrogen and oxygen atoms in total. The van der Waals surface area contributed by atoms with E-state index in [2.05, 4.69) is 17.5 Å². The second-order valence-electron chi connectivity index (χ2n) is 8.05. The number of rotatable bonds is 5. The number of hydrogen-bond donors (Lipinski definition) is 1. The average molecular weight is 381 g/mol. The van der Waals surface area contributed by atoms with Crippen LogP contribution in [0.4, 0.5) is 5.69 Å². The molecule has 0 unspecified atom stereocenters. The first-order chi connectivity index (χ1) is 13.4. The molecule has 7 heteroatoms. The molecule has 1 heterocycles. The Balaban J connectivity index is 1.43. The minimum Gasteiger partial charge on any atom is -0.455 e. The van der Waals surface area contributed by atoms with Gasteiger partial charge in [-0.15, -0.1) is 0 Å². The number of nitro benzene ring substituents is 1. The molecule has 0 radical (unpaired) electrons. The summed E-state index contributed by atoms with van der Waals surface area (Å²) in [7, 11) is 0. The molecule has 1 amide bonds. The zero-order valence-corrected chi connectivity index (χ0v) is 16.0. The van der Waals surface area contributed by atoms with E-state index in [0.29, 0.717) is 23.0 Å². The Kier molecular flexibility index (Phi) is 4.53. The minimum absolute atomic E-state index is 0.00396. The lowest BCUT2D eigenvalue weighted by Gasteiger charge is -2.15. The molecule has 2 fully saturated rings. The van der Waals surface area contributed by atoms with Gasteiger partial charge >= 0.3 is 0 Å². The van der Waals surface area contributed by atoms with E-state index in [1.54, 1.807) is 31.2 Å². The van der Waals surface area contributed by atoms with Crippen molar-refractivity contribution in [3.63, 3.8) is 0 Å². The Morgan fingerprint density at radius 3 is 2.89 bits per heavy atom. The fraction of sp³-hybridized carbons (Fsp3) is 0.429. The van der Waals surface area contributed by atoms with Gasteiger partial charge in [0.1, 0.15) is 11.5 Å². The maximum atomic E-state index is 12.4. The van der Waals surface area contributed by atoms with Crippen LogP contribution >= 0.6 is 0 Å². The third-order valence-corrected chi connectivity index (χ3v) is 6.22. The molecule has 4 rings (SSSR count). The van der Waals surface area contributed by atoms with Gasteiger partial charge in [0, 0.05) is 12.0 Å². The summed E-state index contributed by atoms with van der Waals surface area (Å²) < 4.78 is 5.67. The van der Waals surface area contributed by atoms with E-state index in [1.807, 2.05) is 0 Å². The number of furan rings is 1. The number of hydrogen-bond acceptors (Lipinski definition) is 5. The number of nitrogens with one attached hydrogen (secondary N) is 1. The van der Waals surface area contributed by atoms with E-state index < -0.39 is 4.92 Å². The van der Waals surface area contributed by atoms with Crippen LogP contribution in [-0.4, -0.2) is 17.0 Å². The van der Waals surface area contributed by atoms with Gasteiger partial charge in [-0.25, -0.2) is 5.43 Å². The van der Waals surface area contributed by atoms with Gasteiger partial charge in [0.15, 0.2) is 0 Å². The second-order valence-corrected chi connectivity index (χ2v) is 8.05. The van der Waals surface area contributed by atoms with E-state index in [4.69, 9.17) is 4.42 Å². The largest absolute Gasteiger partial charge is 0.455 e. The molecular formula is C21H23N3O4. The summed E-state index contributed by atoms with van der Waals surface area (Å²) in [6.45, 7) is 3.99. The molecule has 28 heavy (non-hydrogen) atoms. The smallest absolute Gasteiger partial charge is 0.280 e. The van der Waals surface area contributed by atoms with Crippen molar-refractivity contribution in [3.05, 3.63) is 51.8 Å². The van der Waals surface area contributed by atoms with Crippen LogP contribution in [0.25, 0.3) is 11.3 Å². The molecule has 2 aromatic rings. The standard InChI is InChI=1S/C21H23N3O4/c1-13-6-8-15(17(11-13)24(26)27)18-9-7-14(28-18)12-22-23-20(25)19-16-5-3-4-10-21(16,19)2/h6-9,11-12,16,19H,3-5,10H2,1-2H3,(H,23,25)/b22-12+/t16-,19+,21-/m1/s1. The maximum Gasteiger partial charge on any atom is 0.280 e. The highest BCUT2D eigenvalue weighted by Gasteiger charge is 2.64. The van der Waals surface area contributed by atoms with Crippen molar-refractivity contribution in [2.75, 3.05) is 0 Å². The zero-order chi connectivity index (χ0) is 19.9. The Bertz CT molecular complexity index is 964. The van der Waals surface area contributed by atoms with Crippen LogP contribution in [0.15, 0.2) is 39.9 Å². The highest BCUT2D eigenvalue weighted by Crippen LogP contribution is 2.66. The van der Waals surface area contributed by atoms with Gasteiger partial charge in [-0.1, -0.05) is 25.8 Å². The number of carbonyl (C=O) groups excluding carboxylic acids is 1. The van der Waals surface area contributed by atoms with Gasteiger partial charge < -0.3 is 4.42 Å². The number of benzene rings is 1. The summed E-state index contributed by atoms with van der Waals surface area (Å²) in [4.78, 5) is 23.3. The van der Waals surface area contributed by atoms with Crippen LogP contribution in [-0.2, 0) is 4.79 Å². The number of hydrazone groups is 1. The predicted octanol–water partition coefficient (Wildman–Crippen LogP) is 4.44. The van der Waals surface area contributed by atoms with Crippen molar-refractivity contribution in [1.82, 2.24) is 5.43 Å². The maximum absolute atomic E-state index is 12.4. The van der Waals surface area contributed by atoms with Gasteiger partial charge in [-0.3, -0.25) is 14.9 Å². The number of carbonyl (C=O) groups is 1. The first-order valence-electron chi connectivity index (χ1n) is 9.58. The minimum atomic E-state index is -0.422. The molecule has 1 aromatic heterocycles. The van der Waals surface area contributed by atoms with E-state index in [9.17, 15) is 14.9 Å². The number of fused-ring (bicyclic) bond motifs is 1. The highest BCUT2D eigenvalue weighted by molar-refractivity contribution is 5.85. The first kappa shape index (κ1) is 18.4. The van der Waals surface area contributed by atoms with E-state index >= 15 is 0 Å². The number of nitrogens with zero attached hydrogens (tertiary/aromatic N) is 2. The Morgan fingerprint density at radius 2 is 2.18 bits per heavy atom. The molecule has 0 bridgehead atoms. The van der Waals surface area contributed by atoms with Crippen molar-refractivity contribution in [3.8, 4) is 11.3 Å². The molecule has 2 saturated carbocycles. The third-order valence-electron chi connectivity index (χ3n) is 6.22. The average Bonchev–Trinajstić information content (AvgIpc) is 3.02. The zero-order valence-electron chi connectivity index (χ0n) is 16.0. The lowest BCUT2D eigenvalue weighted by atomic mass is 9.90. The van der Waals surface area contributed by atoms with Gasteiger partial charge in [-0.05, 0) is 54.9 Å². The fourth-order valence-corrected chi connectivity index (χ4v) is 4.65. The van der Waals surface area contributed by atoms with Gasteiger partial charge in [0.05, 0.1) is 16.7 Å². The van der Waals surface area contributed by atoms with Crippen LogP contribution in [0.3, 0.4) is 0 Å². The molecular weight excluding hydrogens is 358 g/mol. The van der Waals surface area contributed by atoms with Crippen LogP contribution in [0.2, 0.25) is 0 Å². The normalized spacial score (nSPS) is 26.1. The summed E-state index contributed by atoms with van der Waals surface area (Å²) in [6, 6.07) is 8.32. The van der Waals surface area contributed by atoms with Crippen molar-refractivity contribution in [1.29, 1.82) is 0 Å². The van der Waals surface area contributed by atoms with Crippen molar-refractivity contribution < 1.29 is 14.1 Å². The first-order valence-corrected chi connectivity index (χ1v) is 9.58. The van der Waals surface area contributed by atoms with E-state index in [0.717, 1.165) is 18.4 Å². The Morgan fingerprint density at radius 1 is 1.36 bits per heavy atom. The summed E-state index contributed by atoms with van der Waals surface area (Å²) in [5, 5.41) is 15.3. The molecule has 1 N–H and O–H groups in total. The van der Waals surface area contributed by atoms with Crippen LogP contribution < -0.4 is 5.43 Å². The summed E-state index contributed by atoms with van der Waals surface area (Å²) >= 11 is 0. The highest BCUT2D eigenvalue weighted by atomic mass is 16.6. The lowest BCUT2D eigenvalue weighted by Crippen LogP contribution is -2.22. The summed E-state index contributed by atoms with van der Waals surface area (Å²) in [5.41, 5.74) is 3.98. The molecule has 0 saturated heterocycles. The van der Waals surface area contributed by atoms with Crippen molar-refractivity contribution in [2.45, 2.75) is 39.5 Å². The molecule has 3 atom stereocenters. The number of aryl methyl sites for hydroxylation is 1. The third kappa shape index (κ3) is 3.21. The van der Waals surface area contributed by atoms with E-state index in [1.165, 1.54) is 25.1 Å². The SMILES string of the molecule is Cc1ccc(-c2ccc(/C=N/NC(=O)[C@@H]3[C@H]4CCCC[C@]43C)o2)c([N+](=O)[O-])c1. The van der Waals surface area contributed by atoms with Gasteiger partial charge in [0.25, 0.3) is 5.69 Å². The van der Waals surface area contributed by atoms with Crippen molar-refractivity contribution >= 4 is 17.8 Å². The van der Waals surface area contributed by atoms with Crippen LogP contribution in [0, 0.1) is 34.3 Å². The molecule has 146 valence electrons. The van der Waals surface area contributed by atoms with E-state index in [-0.39, 0.29) is 22.9 Å². The topological polar surface area (TPSA) is 97.7 Å².